The second-order valence-corrected chi connectivity index (χ2v) is 7.05. The molecule has 2 aliphatic heterocycles. The van der Waals surface area contributed by atoms with Crippen LogP contribution in [0.1, 0.15) is 30.1 Å². The SMILES string of the molecule is C[C@H]1Oc2ccc(NC(=O)[C@H]3CCCN(C(=O)c4ccoc4)C3)cc2NC1=O. The van der Waals surface area contributed by atoms with Gasteiger partial charge in [-0.1, -0.05) is 0 Å². The molecular formula is C20H21N3O5. The molecule has 1 aromatic heterocycles. The number of hydrogen-bond donors (Lipinski definition) is 2. The normalized spacial score (nSPS) is 21.3. The highest BCUT2D eigenvalue weighted by molar-refractivity contribution is 6.00. The third-order valence-electron chi connectivity index (χ3n) is 5.03. The van der Waals surface area contributed by atoms with Gasteiger partial charge in [-0.25, -0.2) is 0 Å². The van der Waals surface area contributed by atoms with Crippen LogP contribution >= 0.6 is 0 Å². The minimum atomic E-state index is -0.547. The maximum Gasteiger partial charge on any atom is 0.265 e. The molecular weight excluding hydrogens is 362 g/mol. The smallest absolute Gasteiger partial charge is 0.265 e. The van der Waals surface area contributed by atoms with Crippen molar-refractivity contribution in [2.24, 2.45) is 5.92 Å². The average molecular weight is 383 g/mol. The van der Waals surface area contributed by atoms with E-state index >= 15 is 0 Å². The first kappa shape index (κ1) is 18.1. The van der Waals surface area contributed by atoms with Gasteiger partial charge in [0.2, 0.25) is 5.91 Å². The number of carbonyl (C=O) groups is 3. The molecule has 0 aliphatic carbocycles. The summed E-state index contributed by atoms with van der Waals surface area (Å²) in [7, 11) is 0. The number of amides is 3. The lowest BCUT2D eigenvalue weighted by molar-refractivity contribution is -0.123. The van der Waals surface area contributed by atoms with Crippen LogP contribution in [0.2, 0.25) is 0 Å². The Labute approximate surface area is 161 Å². The highest BCUT2D eigenvalue weighted by atomic mass is 16.5. The van der Waals surface area contributed by atoms with Gasteiger partial charge in [0.1, 0.15) is 12.0 Å². The number of benzene rings is 1. The van der Waals surface area contributed by atoms with Crippen LogP contribution in [0.3, 0.4) is 0 Å². The van der Waals surface area contributed by atoms with Gasteiger partial charge in [0, 0.05) is 18.8 Å². The first-order chi connectivity index (χ1) is 13.5. The molecule has 4 rings (SSSR count). The van der Waals surface area contributed by atoms with Crippen LogP contribution in [0.15, 0.2) is 41.2 Å². The van der Waals surface area contributed by atoms with E-state index in [9.17, 15) is 14.4 Å². The summed E-state index contributed by atoms with van der Waals surface area (Å²) in [6.07, 6.45) is 3.79. The van der Waals surface area contributed by atoms with Crippen molar-refractivity contribution in [1.29, 1.82) is 0 Å². The zero-order chi connectivity index (χ0) is 19.7. The quantitative estimate of drug-likeness (QED) is 0.848. The predicted octanol–water partition coefficient (Wildman–Crippen LogP) is 2.49. The van der Waals surface area contributed by atoms with Crippen molar-refractivity contribution in [1.82, 2.24) is 4.90 Å². The summed E-state index contributed by atoms with van der Waals surface area (Å²) in [6.45, 7) is 2.65. The van der Waals surface area contributed by atoms with E-state index < -0.39 is 6.10 Å². The molecule has 1 aromatic carbocycles. The van der Waals surface area contributed by atoms with Crippen LogP contribution in [-0.2, 0) is 9.59 Å². The van der Waals surface area contributed by atoms with Crippen molar-refractivity contribution >= 4 is 29.1 Å². The van der Waals surface area contributed by atoms with E-state index in [1.54, 1.807) is 36.1 Å². The molecule has 2 aliphatic rings. The molecule has 1 fully saturated rings. The van der Waals surface area contributed by atoms with Gasteiger partial charge in [0.15, 0.2) is 6.10 Å². The number of anilines is 2. The zero-order valence-corrected chi connectivity index (χ0v) is 15.4. The molecule has 0 unspecified atom stereocenters. The van der Waals surface area contributed by atoms with Crippen LogP contribution in [0, 0.1) is 5.92 Å². The van der Waals surface area contributed by atoms with Crippen molar-refractivity contribution in [3.63, 3.8) is 0 Å². The number of carbonyl (C=O) groups excluding carboxylic acids is 3. The number of piperidine rings is 1. The Morgan fingerprint density at radius 3 is 2.93 bits per heavy atom. The molecule has 0 radical (unpaired) electrons. The summed E-state index contributed by atoms with van der Waals surface area (Å²) in [6, 6.07) is 6.75. The largest absolute Gasteiger partial charge is 0.479 e. The first-order valence-corrected chi connectivity index (χ1v) is 9.25. The lowest BCUT2D eigenvalue weighted by Crippen LogP contribution is -2.43. The molecule has 8 heteroatoms. The van der Waals surface area contributed by atoms with Crippen molar-refractivity contribution in [2.45, 2.75) is 25.9 Å². The van der Waals surface area contributed by atoms with Crippen molar-refractivity contribution in [2.75, 3.05) is 23.7 Å². The molecule has 3 amide bonds. The molecule has 8 nitrogen and oxygen atoms in total. The van der Waals surface area contributed by atoms with Gasteiger partial charge in [-0.3, -0.25) is 14.4 Å². The Bertz CT molecular complexity index is 909. The van der Waals surface area contributed by atoms with E-state index in [0.717, 1.165) is 6.42 Å². The Morgan fingerprint density at radius 1 is 1.29 bits per heavy atom. The topological polar surface area (TPSA) is 101 Å². The fraction of sp³-hybridized carbons (Fsp3) is 0.350. The van der Waals surface area contributed by atoms with Gasteiger partial charge in [0.05, 0.1) is 23.4 Å². The molecule has 1 saturated heterocycles. The standard InChI is InChI=1S/C20H21N3O5/c1-12-18(24)22-16-9-15(4-5-17(16)28-12)21-19(25)13-3-2-7-23(10-13)20(26)14-6-8-27-11-14/h4-6,8-9,11-13H,2-3,7,10H2,1H3,(H,21,25)(H,22,24)/t12-,13+/m1/s1. The molecule has 0 spiro atoms. The molecule has 0 bridgehead atoms. The second-order valence-electron chi connectivity index (χ2n) is 7.05. The van der Waals surface area contributed by atoms with E-state index in [1.807, 2.05) is 0 Å². The van der Waals surface area contributed by atoms with Crippen LogP contribution in [-0.4, -0.2) is 41.8 Å². The number of nitrogens with one attached hydrogen (secondary N) is 2. The number of nitrogens with zero attached hydrogens (tertiary/aromatic N) is 1. The van der Waals surface area contributed by atoms with E-state index in [2.05, 4.69) is 10.6 Å². The lowest BCUT2D eigenvalue weighted by atomic mass is 9.96. The van der Waals surface area contributed by atoms with Gasteiger partial charge in [-0.2, -0.15) is 0 Å². The van der Waals surface area contributed by atoms with Crippen LogP contribution in [0.25, 0.3) is 0 Å². The summed E-state index contributed by atoms with van der Waals surface area (Å²) in [5.74, 6) is -0.238. The van der Waals surface area contributed by atoms with E-state index in [0.29, 0.717) is 42.2 Å². The number of rotatable bonds is 3. The summed E-state index contributed by atoms with van der Waals surface area (Å²) in [5, 5.41) is 5.64. The molecule has 28 heavy (non-hydrogen) atoms. The molecule has 2 aromatic rings. The number of likely N-dealkylation sites (tertiary alicyclic amines) is 1. The Morgan fingerprint density at radius 2 is 2.14 bits per heavy atom. The summed E-state index contributed by atoms with van der Waals surface area (Å²) in [4.78, 5) is 38.7. The Hall–Kier alpha value is -3.29. The molecule has 3 heterocycles. The predicted molar refractivity (Wildman–Crippen MR) is 101 cm³/mol. The third-order valence-corrected chi connectivity index (χ3v) is 5.03. The van der Waals surface area contributed by atoms with E-state index in [1.165, 1.54) is 12.5 Å². The van der Waals surface area contributed by atoms with Crippen molar-refractivity contribution < 1.29 is 23.5 Å². The molecule has 146 valence electrons. The summed E-state index contributed by atoms with van der Waals surface area (Å²) >= 11 is 0. The summed E-state index contributed by atoms with van der Waals surface area (Å²) in [5.41, 5.74) is 1.59. The van der Waals surface area contributed by atoms with E-state index in [-0.39, 0.29) is 23.6 Å². The molecule has 2 atom stereocenters. The van der Waals surface area contributed by atoms with Crippen molar-refractivity contribution in [3.05, 3.63) is 42.4 Å². The van der Waals surface area contributed by atoms with E-state index in [4.69, 9.17) is 9.15 Å². The molecule has 2 N–H and O–H groups in total. The zero-order valence-electron chi connectivity index (χ0n) is 15.4. The minimum absolute atomic E-state index is 0.131. The fourth-order valence-electron chi connectivity index (χ4n) is 3.48. The third kappa shape index (κ3) is 3.58. The fourth-order valence-corrected chi connectivity index (χ4v) is 3.48. The average Bonchev–Trinajstić information content (AvgIpc) is 3.23. The van der Waals surface area contributed by atoms with Crippen LogP contribution in [0.5, 0.6) is 5.75 Å². The minimum Gasteiger partial charge on any atom is -0.479 e. The first-order valence-electron chi connectivity index (χ1n) is 9.25. The number of fused-ring (bicyclic) bond motifs is 1. The number of furan rings is 1. The maximum absolute atomic E-state index is 12.7. The highest BCUT2D eigenvalue weighted by Gasteiger charge is 2.30. The van der Waals surface area contributed by atoms with Gasteiger partial charge < -0.3 is 24.7 Å². The Kier molecular flexibility index (Phi) is 4.77. The number of hydrogen-bond acceptors (Lipinski definition) is 5. The summed E-state index contributed by atoms with van der Waals surface area (Å²) < 4.78 is 10.5. The lowest BCUT2D eigenvalue weighted by Gasteiger charge is -2.32. The monoisotopic (exact) mass is 383 g/mol. The van der Waals surface area contributed by atoms with Crippen molar-refractivity contribution in [3.8, 4) is 5.75 Å². The Balaban J connectivity index is 1.41. The van der Waals surface area contributed by atoms with Gasteiger partial charge in [-0.05, 0) is 44.0 Å². The van der Waals surface area contributed by atoms with Gasteiger partial charge in [0.25, 0.3) is 11.8 Å². The molecule has 0 saturated carbocycles. The maximum atomic E-state index is 12.7. The number of ether oxygens (including phenoxy) is 1. The van der Waals surface area contributed by atoms with Crippen LogP contribution < -0.4 is 15.4 Å². The van der Waals surface area contributed by atoms with Gasteiger partial charge >= 0.3 is 0 Å². The highest BCUT2D eigenvalue weighted by Crippen LogP contribution is 2.32. The van der Waals surface area contributed by atoms with Crippen LogP contribution in [0.4, 0.5) is 11.4 Å². The second kappa shape index (κ2) is 7.38. The van der Waals surface area contributed by atoms with Gasteiger partial charge in [-0.15, -0.1) is 0 Å².